The third kappa shape index (κ3) is 3.07. The molecule has 0 spiro atoms. The Bertz CT molecular complexity index is 983. The normalized spacial score (nSPS) is 11.3. The van der Waals surface area contributed by atoms with Gasteiger partial charge in [-0.15, -0.1) is 0 Å². The minimum absolute atomic E-state index is 0.0747. The van der Waals surface area contributed by atoms with Crippen LogP contribution in [0.2, 0.25) is 0 Å². The Hall–Kier alpha value is -2.55. The highest BCUT2D eigenvalue weighted by molar-refractivity contribution is 5.83. The molecule has 1 heterocycles. The summed E-state index contributed by atoms with van der Waals surface area (Å²) >= 11 is 0. The van der Waals surface area contributed by atoms with E-state index in [2.05, 4.69) is 43.5 Å². The summed E-state index contributed by atoms with van der Waals surface area (Å²) in [6.07, 6.45) is 0. The number of rotatable bonds is 4. The van der Waals surface area contributed by atoms with Gasteiger partial charge in [-0.2, -0.15) is 0 Å². The standard InChI is InChI=1S/C22H25NO2/c1-6-23-19-9-7-16(14(2)3)12-18(19)21(24)13-20(23)17-8-10-22(25-5)15(4)11-17/h7-14H,6H2,1-5H3. The van der Waals surface area contributed by atoms with Crippen molar-refractivity contribution >= 4 is 10.9 Å². The van der Waals surface area contributed by atoms with Crippen molar-refractivity contribution in [1.29, 1.82) is 0 Å². The van der Waals surface area contributed by atoms with Crippen molar-refractivity contribution < 1.29 is 4.74 Å². The number of methoxy groups -OCH3 is 1. The van der Waals surface area contributed by atoms with E-state index in [1.54, 1.807) is 13.2 Å². The average Bonchev–Trinajstić information content (AvgIpc) is 2.61. The van der Waals surface area contributed by atoms with Gasteiger partial charge in [0.2, 0.25) is 0 Å². The molecule has 3 nitrogen and oxygen atoms in total. The maximum atomic E-state index is 12.8. The summed E-state index contributed by atoms with van der Waals surface area (Å²) in [5.74, 6) is 1.26. The van der Waals surface area contributed by atoms with E-state index in [1.165, 1.54) is 5.56 Å². The molecule has 0 atom stereocenters. The molecule has 25 heavy (non-hydrogen) atoms. The van der Waals surface area contributed by atoms with Gasteiger partial charge in [-0.1, -0.05) is 19.9 Å². The summed E-state index contributed by atoms with van der Waals surface area (Å²) < 4.78 is 7.56. The minimum Gasteiger partial charge on any atom is -0.496 e. The molecule has 3 heteroatoms. The largest absolute Gasteiger partial charge is 0.496 e. The van der Waals surface area contributed by atoms with E-state index in [9.17, 15) is 4.79 Å². The molecular formula is C22H25NO2. The predicted octanol–water partition coefficient (Wildman–Crippen LogP) is 5.13. The molecule has 1 aromatic heterocycles. The summed E-state index contributed by atoms with van der Waals surface area (Å²) in [7, 11) is 1.67. The third-order valence-corrected chi connectivity index (χ3v) is 4.81. The molecule has 0 saturated heterocycles. The Morgan fingerprint density at radius 2 is 1.84 bits per heavy atom. The Morgan fingerprint density at radius 3 is 2.44 bits per heavy atom. The second-order valence-electron chi connectivity index (χ2n) is 6.75. The zero-order chi connectivity index (χ0) is 18.1. The van der Waals surface area contributed by atoms with Gasteiger partial charge in [0.05, 0.1) is 18.3 Å². The van der Waals surface area contributed by atoms with Crippen molar-refractivity contribution in [2.75, 3.05) is 7.11 Å². The van der Waals surface area contributed by atoms with Crippen LogP contribution in [-0.2, 0) is 6.54 Å². The zero-order valence-corrected chi connectivity index (χ0v) is 15.6. The lowest BCUT2D eigenvalue weighted by molar-refractivity contribution is 0.412. The van der Waals surface area contributed by atoms with Gasteiger partial charge in [-0.3, -0.25) is 4.79 Å². The number of aryl methyl sites for hydroxylation is 2. The number of ether oxygens (including phenoxy) is 1. The first-order chi connectivity index (χ1) is 12.0. The number of benzene rings is 2. The van der Waals surface area contributed by atoms with Gasteiger partial charge >= 0.3 is 0 Å². The lowest BCUT2D eigenvalue weighted by Crippen LogP contribution is -2.11. The van der Waals surface area contributed by atoms with Crippen molar-refractivity contribution in [1.82, 2.24) is 4.57 Å². The molecular weight excluding hydrogens is 310 g/mol. The van der Waals surface area contributed by atoms with Crippen LogP contribution in [-0.4, -0.2) is 11.7 Å². The van der Waals surface area contributed by atoms with E-state index >= 15 is 0 Å². The fourth-order valence-corrected chi connectivity index (χ4v) is 3.37. The van der Waals surface area contributed by atoms with Gasteiger partial charge in [0.1, 0.15) is 5.75 Å². The van der Waals surface area contributed by atoms with Crippen molar-refractivity contribution in [2.24, 2.45) is 0 Å². The third-order valence-electron chi connectivity index (χ3n) is 4.81. The molecule has 0 amide bonds. The molecule has 130 valence electrons. The fourth-order valence-electron chi connectivity index (χ4n) is 3.37. The molecule has 3 aromatic rings. The van der Waals surface area contributed by atoms with Crippen LogP contribution in [0.4, 0.5) is 0 Å². The van der Waals surface area contributed by atoms with Crippen LogP contribution in [0.5, 0.6) is 5.75 Å². The monoisotopic (exact) mass is 335 g/mol. The highest BCUT2D eigenvalue weighted by Gasteiger charge is 2.12. The smallest absolute Gasteiger partial charge is 0.190 e. The molecule has 0 unspecified atom stereocenters. The number of fused-ring (bicyclic) bond motifs is 1. The Kier molecular flexibility index (Phi) is 4.67. The fraction of sp³-hybridized carbons (Fsp3) is 0.318. The van der Waals surface area contributed by atoms with E-state index in [0.29, 0.717) is 5.92 Å². The Morgan fingerprint density at radius 1 is 1.08 bits per heavy atom. The van der Waals surface area contributed by atoms with E-state index in [-0.39, 0.29) is 5.43 Å². The van der Waals surface area contributed by atoms with E-state index < -0.39 is 0 Å². The lowest BCUT2D eigenvalue weighted by Gasteiger charge is -2.17. The molecule has 0 bridgehead atoms. The van der Waals surface area contributed by atoms with Gasteiger partial charge in [0, 0.05) is 18.0 Å². The first-order valence-corrected chi connectivity index (χ1v) is 8.78. The number of nitrogens with zero attached hydrogens (tertiary/aromatic N) is 1. The van der Waals surface area contributed by atoms with Crippen LogP contribution in [0.1, 0.15) is 37.8 Å². The zero-order valence-electron chi connectivity index (χ0n) is 15.6. The predicted molar refractivity (Wildman–Crippen MR) is 105 cm³/mol. The molecule has 0 radical (unpaired) electrons. The quantitative estimate of drug-likeness (QED) is 0.662. The maximum absolute atomic E-state index is 12.8. The molecule has 0 aliphatic rings. The molecule has 0 saturated carbocycles. The lowest BCUT2D eigenvalue weighted by atomic mass is 9.99. The van der Waals surface area contributed by atoms with Crippen molar-refractivity contribution in [3.63, 3.8) is 0 Å². The van der Waals surface area contributed by atoms with Gasteiger partial charge in [0.25, 0.3) is 0 Å². The van der Waals surface area contributed by atoms with E-state index in [4.69, 9.17) is 4.74 Å². The molecule has 0 fully saturated rings. The number of hydrogen-bond donors (Lipinski definition) is 0. The number of hydrogen-bond acceptors (Lipinski definition) is 2. The second kappa shape index (κ2) is 6.75. The molecule has 0 aliphatic heterocycles. The minimum atomic E-state index is 0.0747. The first-order valence-electron chi connectivity index (χ1n) is 8.78. The van der Waals surface area contributed by atoms with Crippen molar-refractivity contribution in [3.05, 3.63) is 63.8 Å². The van der Waals surface area contributed by atoms with E-state index in [0.717, 1.165) is 40.0 Å². The van der Waals surface area contributed by atoms with Crippen molar-refractivity contribution in [2.45, 2.75) is 40.2 Å². The number of aromatic nitrogens is 1. The average molecular weight is 335 g/mol. The molecule has 0 N–H and O–H groups in total. The Labute approximate surface area is 148 Å². The SMILES string of the molecule is CCn1c(-c2ccc(OC)c(C)c2)cc(=O)c2cc(C(C)C)ccc21. The summed E-state index contributed by atoms with van der Waals surface area (Å²) in [6, 6.07) is 14.1. The highest BCUT2D eigenvalue weighted by atomic mass is 16.5. The molecule has 2 aromatic carbocycles. The van der Waals surface area contributed by atoms with Gasteiger partial charge in [-0.05, 0) is 66.8 Å². The van der Waals surface area contributed by atoms with Gasteiger partial charge in [-0.25, -0.2) is 0 Å². The van der Waals surface area contributed by atoms with Crippen molar-refractivity contribution in [3.8, 4) is 17.0 Å². The second-order valence-corrected chi connectivity index (χ2v) is 6.75. The van der Waals surface area contributed by atoms with Crippen LogP contribution in [0, 0.1) is 6.92 Å². The summed E-state index contributed by atoms with van der Waals surface area (Å²) in [4.78, 5) is 12.8. The molecule has 0 aliphatic carbocycles. The van der Waals surface area contributed by atoms with E-state index in [1.807, 2.05) is 25.1 Å². The maximum Gasteiger partial charge on any atom is 0.190 e. The van der Waals surface area contributed by atoms with Crippen LogP contribution < -0.4 is 10.2 Å². The van der Waals surface area contributed by atoms with Gasteiger partial charge in [0.15, 0.2) is 5.43 Å². The summed E-state index contributed by atoms with van der Waals surface area (Å²) in [5.41, 5.74) is 5.30. The van der Waals surface area contributed by atoms with Crippen LogP contribution in [0.3, 0.4) is 0 Å². The first kappa shape index (κ1) is 17.3. The number of pyridine rings is 1. The van der Waals surface area contributed by atoms with Crippen LogP contribution >= 0.6 is 0 Å². The van der Waals surface area contributed by atoms with Gasteiger partial charge < -0.3 is 9.30 Å². The molecule has 3 rings (SSSR count). The Balaban J connectivity index is 2.28. The topological polar surface area (TPSA) is 31.2 Å². The van der Waals surface area contributed by atoms with Crippen LogP contribution in [0.15, 0.2) is 47.3 Å². The summed E-state index contributed by atoms with van der Waals surface area (Å²) in [6.45, 7) is 9.23. The van der Waals surface area contributed by atoms with Crippen LogP contribution in [0.25, 0.3) is 22.2 Å². The summed E-state index contributed by atoms with van der Waals surface area (Å²) in [5, 5.41) is 0.794. The highest BCUT2D eigenvalue weighted by Crippen LogP contribution is 2.28.